The zero-order valence-electron chi connectivity index (χ0n) is 12.7. The largest absolute Gasteiger partial charge is 0.370 e. The maximum absolute atomic E-state index is 9.81. The van der Waals surface area contributed by atoms with E-state index in [1.165, 1.54) is 31.3 Å². The predicted molar refractivity (Wildman–Crippen MR) is 86.7 cm³/mol. The molecule has 1 saturated carbocycles. The number of allylic oxidation sites excluding steroid dienone is 2. The predicted octanol–water partition coefficient (Wildman–Crippen LogP) is 3.67. The topological polar surface area (TPSA) is 52.0 Å². The van der Waals surface area contributed by atoms with Crippen molar-refractivity contribution in [2.45, 2.75) is 38.5 Å². The number of likely N-dealkylation sites (tertiary alicyclic amines) is 1. The van der Waals surface area contributed by atoms with Crippen molar-refractivity contribution in [3.8, 4) is 6.07 Å². The molecule has 1 N–H and O–H groups in total. The fourth-order valence-electron chi connectivity index (χ4n) is 3.46. The smallest absolute Gasteiger partial charge is 0.104 e. The molecule has 3 heterocycles. The van der Waals surface area contributed by atoms with E-state index in [0.29, 0.717) is 0 Å². The number of hydrogen-bond acceptors (Lipinski definition) is 4. The fourth-order valence-corrected chi connectivity index (χ4v) is 3.46. The second kappa shape index (κ2) is 5.49. The molecule has 2 aliphatic heterocycles. The van der Waals surface area contributed by atoms with Crippen LogP contribution in [0.2, 0.25) is 0 Å². The third kappa shape index (κ3) is 2.27. The maximum Gasteiger partial charge on any atom is 0.104 e. The number of nitrogens with one attached hydrogen (secondary N) is 1. The van der Waals surface area contributed by atoms with Gasteiger partial charge < -0.3 is 10.2 Å². The Bertz CT molecular complexity index is 694. The molecule has 0 aromatic carbocycles. The van der Waals surface area contributed by atoms with E-state index >= 15 is 0 Å². The molecule has 22 heavy (non-hydrogen) atoms. The Morgan fingerprint density at radius 3 is 2.59 bits per heavy atom. The van der Waals surface area contributed by atoms with Gasteiger partial charge in [-0.25, -0.2) is 0 Å². The highest BCUT2D eigenvalue weighted by Crippen LogP contribution is 2.43. The van der Waals surface area contributed by atoms with Crippen LogP contribution in [0.1, 0.15) is 44.1 Å². The summed E-state index contributed by atoms with van der Waals surface area (Å²) in [5, 5.41) is 13.3. The Morgan fingerprint density at radius 1 is 1.14 bits per heavy atom. The highest BCUT2D eigenvalue weighted by molar-refractivity contribution is 5.88. The molecule has 4 nitrogen and oxygen atoms in total. The molecule has 1 aromatic heterocycles. The molecule has 4 rings (SSSR count). The van der Waals surface area contributed by atoms with Crippen molar-refractivity contribution in [1.82, 2.24) is 9.88 Å². The molecular formula is C18H20N4. The van der Waals surface area contributed by atoms with Gasteiger partial charge in [-0.1, -0.05) is 12.8 Å². The maximum atomic E-state index is 9.81. The number of nitriles is 1. The molecule has 0 radical (unpaired) electrons. The first-order valence-corrected chi connectivity index (χ1v) is 8.21. The average Bonchev–Trinajstić information content (AvgIpc) is 3.39. The van der Waals surface area contributed by atoms with E-state index in [0.717, 1.165) is 54.1 Å². The minimum Gasteiger partial charge on any atom is -0.370 e. The van der Waals surface area contributed by atoms with E-state index in [9.17, 15) is 5.26 Å². The van der Waals surface area contributed by atoms with Crippen molar-refractivity contribution in [3.05, 3.63) is 40.9 Å². The summed E-state index contributed by atoms with van der Waals surface area (Å²) in [5.74, 6) is 0. The Morgan fingerprint density at radius 2 is 1.91 bits per heavy atom. The van der Waals surface area contributed by atoms with Crippen molar-refractivity contribution < 1.29 is 0 Å². The van der Waals surface area contributed by atoms with Crippen LogP contribution >= 0.6 is 0 Å². The van der Waals surface area contributed by atoms with E-state index in [4.69, 9.17) is 0 Å². The lowest BCUT2D eigenvalue weighted by atomic mass is 9.97. The van der Waals surface area contributed by atoms with Gasteiger partial charge in [-0.2, -0.15) is 5.26 Å². The average molecular weight is 292 g/mol. The number of pyridine rings is 1. The summed E-state index contributed by atoms with van der Waals surface area (Å²) in [7, 11) is 0. The van der Waals surface area contributed by atoms with Gasteiger partial charge >= 0.3 is 0 Å². The van der Waals surface area contributed by atoms with Gasteiger partial charge in [0.05, 0.1) is 28.9 Å². The van der Waals surface area contributed by atoms with E-state index in [-0.39, 0.29) is 0 Å². The van der Waals surface area contributed by atoms with Crippen LogP contribution in [0, 0.1) is 11.3 Å². The Balaban J connectivity index is 1.88. The third-order valence-corrected chi connectivity index (χ3v) is 4.71. The zero-order chi connectivity index (χ0) is 14.9. The summed E-state index contributed by atoms with van der Waals surface area (Å²) in [5.41, 5.74) is 6.53. The van der Waals surface area contributed by atoms with Gasteiger partial charge in [-0.3, -0.25) is 4.98 Å². The van der Waals surface area contributed by atoms with Gasteiger partial charge in [0, 0.05) is 24.8 Å². The first kappa shape index (κ1) is 13.4. The van der Waals surface area contributed by atoms with Crippen LogP contribution in [0.4, 0.5) is 5.69 Å². The molecule has 2 fully saturated rings. The quantitative estimate of drug-likeness (QED) is 0.858. The Kier molecular flexibility index (Phi) is 3.34. The van der Waals surface area contributed by atoms with Crippen LogP contribution in [0.25, 0.3) is 5.70 Å². The molecule has 4 heteroatoms. The van der Waals surface area contributed by atoms with Crippen LogP contribution in [-0.4, -0.2) is 23.0 Å². The molecule has 0 bridgehead atoms. The lowest BCUT2D eigenvalue weighted by Gasteiger charge is -2.32. The van der Waals surface area contributed by atoms with Gasteiger partial charge in [0.25, 0.3) is 0 Å². The second-order valence-electron chi connectivity index (χ2n) is 6.26. The van der Waals surface area contributed by atoms with Crippen molar-refractivity contribution in [1.29, 1.82) is 5.26 Å². The summed E-state index contributed by atoms with van der Waals surface area (Å²) in [6, 6.07) is 4.52. The van der Waals surface area contributed by atoms with Crippen LogP contribution in [0.15, 0.2) is 35.3 Å². The standard InChI is InChI=1S/C18H20N4/c19-11-15-17(13-5-6-13)21-16-12-20-8-7-14(16)18(15)22-9-3-1-2-4-10-22/h7-8,12,21H,1-6,9-10H2. The summed E-state index contributed by atoms with van der Waals surface area (Å²) in [4.78, 5) is 6.68. The third-order valence-electron chi connectivity index (χ3n) is 4.71. The number of fused-ring (bicyclic) bond motifs is 1. The lowest BCUT2D eigenvalue weighted by molar-refractivity contribution is 0.411. The summed E-state index contributed by atoms with van der Waals surface area (Å²) >= 11 is 0. The summed E-state index contributed by atoms with van der Waals surface area (Å²) in [6.45, 7) is 2.09. The molecule has 112 valence electrons. The number of anilines is 1. The zero-order valence-corrected chi connectivity index (χ0v) is 12.7. The molecule has 0 atom stereocenters. The number of hydrogen-bond donors (Lipinski definition) is 1. The molecule has 1 saturated heterocycles. The van der Waals surface area contributed by atoms with Crippen molar-refractivity contribution in [2.75, 3.05) is 18.4 Å². The molecule has 1 aromatic rings. The summed E-state index contributed by atoms with van der Waals surface area (Å²) < 4.78 is 0. The van der Waals surface area contributed by atoms with E-state index in [2.05, 4.69) is 21.3 Å². The number of aromatic nitrogens is 1. The van der Waals surface area contributed by atoms with Crippen LogP contribution in [0.5, 0.6) is 0 Å². The van der Waals surface area contributed by atoms with Gasteiger partial charge in [0.2, 0.25) is 0 Å². The lowest BCUT2D eigenvalue weighted by Crippen LogP contribution is -2.28. The van der Waals surface area contributed by atoms with Crippen LogP contribution in [0.3, 0.4) is 0 Å². The molecule has 1 aliphatic carbocycles. The van der Waals surface area contributed by atoms with Gasteiger partial charge in [0.1, 0.15) is 6.07 Å². The minimum absolute atomic E-state index is 0.827. The number of nitrogens with zero attached hydrogens (tertiary/aromatic N) is 3. The van der Waals surface area contributed by atoms with E-state index < -0.39 is 0 Å². The van der Waals surface area contributed by atoms with E-state index in [1.807, 2.05) is 18.5 Å². The minimum atomic E-state index is 0.827. The highest BCUT2D eigenvalue weighted by atomic mass is 15.1. The van der Waals surface area contributed by atoms with Crippen LogP contribution < -0.4 is 5.32 Å². The molecule has 0 unspecified atom stereocenters. The first-order chi connectivity index (χ1) is 10.9. The van der Waals surface area contributed by atoms with Crippen molar-refractivity contribution in [2.24, 2.45) is 0 Å². The van der Waals surface area contributed by atoms with Gasteiger partial charge in [-0.05, 0) is 37.3 Å². The monoisotopic (exact) mass is 292 g/mol. The number of rotatable bonds is 1. The van der Waals surface area contributed by atoms with E-state index in [1.54, 1.807) is 0 Å². The SMILES string of the molecule is N#CC1=C(N2CCCCCC2)c2ccncc2NC1=C1CC1. The van der Waals surface area contributed by atoms with Crippen molar-refractivity contribution >= 4 is 11.4 Å². The fraction of sp³-hybridized carbons (Fsp3) is 0.444. The van der Waals surface area contributed by atoms with Gasteiger partial charge in [-0.15, -0.1) is 0 Å². The molecule has 0 spiro atoms. The first-order valence-electron chi connectivity index (χ1n) is 8.21. The molecule has 0 amide bonds. The highest BCUT2D eigenvalue weighted by Gasteiger charge is 2.31. The summed E-state index contributed by atoms with van der Waals surface area (Å²) in [6.07, 6.45) is 10.9. The second-order valence-corrected chi connectivity index (χ2v) is 6.26. The normalized spacial score (nSPS) is 21.0. The Labute approximate surface area is 131 Å². The van der Waals surface area contributed by atoms with Crippen molar-refractivity contribution in [3.63, 3.8) is 0 Å². The molecular weight excluding hydrogens is 272 g/mol. The van der Waals surface area contributed by atoms with Gasteiger partial charge in [0.15, 0.2) is 0 Å². The Hall–Kier alpha value is -2.28. The molecule has 3 aliphatic rings. The van der Waals surface area contributed by atoms with Crippen LogP contribution in [-0.2, 0) is 0 Å².